The van der Waals surface area contributed by atoms with Crippen LogP contribution in [0.25, 0.3) is 0 Å². The van der Waals surface area contributed by atoms with E-state index in [4.69, 9.17) is 9.47 Å². The molecule has 6 atom stereocenters. The maximum atomic E-state index is 6.34. The number of epoxide rings is 1. The molecule has 3 saturated heterocycles. The predicted octanol–water partition coefficient (Wildman–Crippen LogP) is 4.16. The molecule has 5 aliphatic rings. The van der Waals surface area contributed by atoms with Gasteiger partial charge in [0.1, 0.15) is 11.7 Å². The number of rotatable bonds is 0. The second-order valence-corrected chi connectivity index (χ2v) is 9.51. The maximum absolute atomic E-state index is 6.34. The minimum atomic E-state index is -0.0633. The summed E-state index contributed by atoms with van der Waals surface area (Å²) in [5, 5.41) is 0. The fourth-order valence-electron chi connectivity index (χ4n) is 4.93. The Kier molecular flexibility index (Phi) is 2.34. The van der Waals surface area contributed by atoms with Crippen molar-refractivity contribution in [3.8, 4) is 0 Å². The number of alkyl halides is 1. The monoisotopic (exact) mass is 390 g/mol. The van der Waals surface area contributed by atoms with Crippen LogP contribution in [0.4, 0.5) is 0 Å². The highest BCUT2D eigenvalue weighted by atomic mass is 79.9. The van der Waals surface area contributed by atoms with Gasteiger partial charge in [-0.3, -0.25) is 0 Å². The number of halogens is 2. The summed E-state index contributed by atoms with van der Waals surface area (Å²) in [6.45, 7) is 9.17. The first-order valence-corrected chi connectivity index (χ1v) is 8.76. The van der Waals surface area contributed by atoms with Crippen LogP contribution in [-0.2, 0) is 9.47 Å². The molecule has 0 amide bonds. The van der Waals surface area contributed by atoms with Crippen molar-refractivity contribution in [2.75, 3.05) is 0 Å². The lowest BCUT2D eigenvalue weighted by atomic mass is 9.46. The molecule has 5 rings (SSSR count). The quantitative estimate of drug-likeness (QED) is 0.456. The first-order chi connectivity index (χ1) is 8.67. The number of hydrogen-bond donors (Lipinski definition) is 0. The fraction of sp³-hybridized carbons (Fsp3) is 0.867. The highest BCUT2D eigenvalue weighted by Crippen LogP contribution is 2.75. The van der Waals surface area contributed by atoms with Crippen molar-refractivity contribution >= 4 is 31.9 Å². The summed E-state index contributed by atoms with van der Waals surface area (Å²) < 4.78 is 13.7. The summed E-state index contributed by atoms with van der Waals surface area (Å²) in [4.78, 5) is 0.407. The topological polar surface area (TPSA) is 21.8 Å². The van der Waals surface area contributed by atoms with Crippen LogP contribution in [0, 0.1) is 10.8 Å². The Hall–Kier alpha value is 0.620. The Morgan fingerprint density at radius 3 is 2.37 bits per heavy atom. The van der Waals surface area contributed by atoms with E-state index in [2.05, 4.69) is 65.6 Å². The van der Waals surface area contributed by atoms with Gasteiger partial charge in [-0.25, -0.2) is 0 Å². The molecule has 0 unspecified atom stereocenters. The van der Waals surface area contributed by atoms with E-state index in [0.717, 1.165) is 12.8 Å². The molecule has 0 N–H and O–H groups in total. The van der Waals surface area contributed by atoms with E-state index in [1.54, 1.807) is 0 Å². The van der Waals surface area contributed by atoms with Gasteiger partial charge in [-0.2, -0.15) is 0 Å². The van der Waals surface area contributed by atoms with Gasteiger partial charge < -0.3 is 9.47 Å². The number of ether oxygens (including phenoxy) is 2. The third-order valence-corrected chi connectivity index (χ3v) is 9.02. The molecule has 3 heterocycles. The number of hydrogen-bond acceptors (Lipinski definition) is 2. The van der Waals surface area contributed by atoms with Crippen LogP contribution in [0.15, 0.2) is 10.6 Å². The average Bonchev–Trinajstić information content (AvgIpc) is 2.91. The summed E-state index contributed by atoms with van der Waals surface area (Å²) >= 11 is 7.68. The third kappa shape index (κ3) is 1.23. The first-order valence-electron chi connectivity index (χ1n) is 7.05. The molecule has 2 nitrogen and oxygen atoms in total. The van der Waals surface area contributed by atoms with Crippen molar-refractivity contribution in [2.24, 2.45) is 10.8 Å². The zero-order valence-electron chi connectivity index (χ0n) is 11.8. The predicted molar refractivity (Wildman–Crippen MR) is 81.7 cm³/mol. The van der Waals surface area contributed by atoms with Crippen LogP contribution < -0.4 is 0 Å². The van der Waals surface area contributed by atoms with E-state index in [0.29, 0.717) is 10.9 Å². The standard InChI is InChI=1S/C15H20Br2O2/c1-12(2)8(16)5-10-14(4,19-10)15(12)6-9(17)13(3)7-11(15)18-13/h5,9-11H,6-7H2,1-4H3/t9-,10+,11-,13+,14+,15-/m0/s1. The van der Waals surface area contributed by atoms with E-state index in [1.165, 1.54) is 4.48 Å². The van der Waals surface area contributed by atoms with Gasteiger partial charge in [0.25, 0.3) is 0 Å². The first kappa shape index (κ1) is 13.3. The second-order valence-electron chi connectivity index (χ2n) is 7.55. The Morgan fingerprint density at radius 1 is 1.16 bits per heavy atom. The molecule has 2 bridgehead atoms. The molecule has 0 radical (unpaired) electrons. The summed E-state index contributed by atoms with van der Waals surface area (Å²) in [5.41, 5.74) is 0.0734. The van der Waals surface area contributed by atoms with Crippen LogP contribution in [0.5, 0.6) is 0 Å². The number of fused-ring (bicyclic) bond motifs is 2. The van der Waals surface area contributed by atoms with Crippen molar-refractivity contribution in [1.82, 2.24) is 0 Å². The molecule has 19 heavy (non-hydrogen) atoms. The molecule has 0 aromatic carbocycles. The smallest absolute Gasteiger partial charge is 0.107 e. The number of allylic oxidation sites excluding steroid dienone is 1. The van der Waals surface area contributed by atoms with Crippen LogP contribution in [-0.4, -0.2) is 28.2 Å². The Morgan fingerprint density at radius 2 is 1.79 bits per heavy atom. The molecule has 1 saturated carbocycles. The largest absolute Gasteiger partial charge is 0.370 e. The summed E-state index contributed by atoms with van der Waals surface area (Å²) in [7, 11) is 0. The van der Waals surface area contributed by atoms with E-state index in [1.807, 2.05) is 0 Å². The van der Waals surface area contributed by atoms with Crippen LogP contribution in [0.3, 0.4) is 0 Å². The van der Waals surface area contributed by atoms with Gasteiger partial charge in [0, 0.05) is 26.6 Å². The van der Waals surface area contributed by atoms with Gasteiger partial charge in [0.15, 0.2) is 0 Å². The second kappa shape index (κ2) is 3.34. The molecule has 1 spiro atoms. The van der Waals surface area contributed by atoms with E-state index in [-0.39, 0.29) is 28.1 Å². The summed E-state index contributed by atoms with van der Waals surface area (Å²) in [6, 6.07) is 0. The molecular formula is C15H20Br2O2. The van der Waals surface area contributed by atoms with Gasteiger partial charge in [0.2, 0.25) is 0 Å². The lowest BCUT2D eigenvalue weighted by Crippen LogP contribution is -2.74. The van der Waals surface area contributed by atoms with Crippen LogP contribution in [0.1, 0.15) is 40.5 Å². The van der Waals surface area contributed by atoms with Crippen molar-refractivity contribution in [1.29, 1.82) is 0 Å². The SMILES string of the molecule is CC1(C)C(Br)=C[C@H]2O[C@@]2(C)[C@]12C[C@H](Br)[C@@]1(C)C[C@@H]2O1. The fourth-order valence-corrected chi connectivity index (χ4v) is 6.33. The van der Waals surface area contributed by atoms with Crippen molar-refractivity contribution < 1.29 is 9.47 Å². The highest BCUT2D eigenvalue weighted by molar-refractivity contribution is 9.11. The van der Waals surface area contributed by atoms with E-state index < -0.39 is 0 Å². The molecule has 106 valence electrons. The van der Waals surface area contributed by atoms with E-state index >= 15 is 0 Å². The van der Waals surface area contributed by atoms with Gasteiger partial charge >= 0.3 is 0 Å². The molecule has 2 aliphatic carbocycles. The van der Waals surface area contributed by atoms with Crippen LogP contribution >= 0.6 is 31.9 Å². The Bertz CT molecular complexity index is 494. The van der Waals surface area contributed by atoms with Gasteiger partial charge in [-0.1, -0.05) is 45.7 Å². The maximum Gasteiger partial charge on any atom is 0.107 e. The van der Waals surface area contributed by atoms with Crippen molar-refractivity contribution in [3.63, 3.8) is 0 Å². The summed E-state index contributed by atoms with van der Waals surface area (Å²) in [6.07, 6.45) is 5.08. The summed E-state index contributed by atoms with van der Waals surface area (Å²) in [5.74, 6) is 0. The van der Waals surface area contributed by atoms with Crippen molar-refractivity contribution in [2.45, 2.75) is 68.8 Å². The zero-order chi connectivity index (χ0) is 13.8. The minimum absolute atomic E-state index is 0.0282. The third-order valence-electron chi connectivity index (χ3n) is 6.47. The highest BCUT2D eigenvalue weighted by Gasteiger charge is 2.80. The Labute approximate surface area is 131 Å². The minimum Gasteiger partial charge on any atom is -0.370 e. The molecule has 4 fully saturated rings. The molecule has 0 aromatic rings. The average molecular weight is 392 g/mol. The van der Waals surface area contributed by atoms with E-state index in [9.17, 15) is 0 Å². The zero-order valence-corrected chi connectivity index (χ0v) is 15.0. The van der Waals surface area contributed by atoms with Gasteiger partial charge in [-0.05, 0) is 26.3 Å². The lowest BCUT2D eigenvalue weighted by molar-refractivity contribution is -0.307. The van der Waals surface area contributed by atoms with Gasteiger partial charge in [-0.15, -0.1) is 0 Å². The van der Waals surface area contributed by atoms with Crippen LogP contribution in [0.2, 0.25) is 0 Å². The Balaban J connectivity index is 1.87. The van der Waals surface area contributed by atoms with Crippen molar-refractivity contribution in [3.05, 3.63) is 10.6 Å². The normalized spacial score (nSPS) is 61.2. The molecule has 3 aliphatic heterocycles. The molecule has 0 aromatic heterocycles. The molecule has 4 heteroatoms. The van der Waals surface area contributed by atoms with Gasteiger partial charge in [0.05, 0.1) is 11.7 Å². The lowest BCUT2D eigenvalue weighted by Gasteiger charge is -2.68. The molecular weight excluding hydrogens is 372 g/mol.